The van der Waals surface area contributed by atoms with Crippen LogP contribution >= 0.6 is 22.6 Å². The summed E-state index contributed by atoms with van der Waals surface area (Å²) in [5, 5.41) is 41.4. The number of nitrogens with zero attached hydrogens (tertiary/aromatic N) is 4. The maximum absolute atomic E-state index is 11.7. The number of hydrogen-bond acceptors (Lipinski definition) is 18. The summed E-state index contributed by atoms with van der Waals surface area (Å²) in [4.78, 5) is 83.1. The molecule has 0 heterocycles. The maximum atomic E-state index is 11.7. The van der Waals surface area contributed by atoms with Crippen LogP contribution in [-0.4, -0.2) is 55.7 Å². The Kier molecular flexibility index (Phi) is 20.7. The molecule has 0 bridgehead atoms. The minimum absolute atomic E-state index is 0.00213. The van der Waals surface area contributed by atoms with Crippen LogP contribution in [0.1, 0.15) is 15.9 Å². The summed E-state index contributed by atoms with van der Waals surface area (Å²) in [5.74, 6) is -0.652. The fraction of sp³-hybridized carbons (Fsp3) is 0.0667. The van der Waals surface area contributed by atoms with Crippen LogP contribution in [0.2, 0.25) is 0 Å². The zero-order chi connectivity index (χ0) is 40.6. The molecule has 22 nitrogen and oxygen atoms in total. The third kappa shape index (κ3) is 17.1. The van der Waals surface area contributed by atoms with Gasteiger partial charge in [-0.1, -0.05) is 0 Å². The van der Waals surface area contributed by atoms with Crippen LogP contribution in [0.4, 0.5) is 32.3 Å². The van der Waals surface area contributed by atoms with Crippen LogP contribution in [0.3, 0.4) is 0 Å². The van der Waals surface area contributed by atoms with Gasteiger partial charge in [-0.2, -0.15) is 17.7 Å². The first-order valence-electron chi connectivity index (χ1n) is 13.6. The molecule has 287 valence electrons. The zero-order valence-electron chi connectivity index (χ0n) is 26.5. The predicted molar refractivity (Wildman–Crippen MR) is 181 cm³/mol. The molecule has 0 amide bonds. The third-order valence-electron chi connectivity index (χ3n) is 5.55. The molecule has 0 aromatic heterocycles. The van der Waals surface area contributed by atoms with Crippen molar-refractivity contribution < 1.29 is 86.8 Å². The number of nitro benzene ring substituents is 4. The number of ether oxygens (including phenoxy) is 5. The van der Waals surface area contributed by atoms with Crippen LogP contribution < -0.4 is 9.47 Å². The van der Waals surface area contributed by atoms with E-state index < -0.39 is 44.8 Å². The molecule has 0 N–H and O–H groups in total. The molecule has 0 saturated heterocycles. The number of carbonyl (C=O) groups is 3. The van der Waals surface area contributed by atoms with E-state index >= 15 is 0 Å². The van der Waals surface area contributed by atoms with Gasteiger partial charge in [-0.05, 0) is 71.1 Å². The van der Waals surface area contributed by atoms with Crippen molar-refractivity contribution >= 4 is 69.9 Å². The van der Waals surface area contributed by atoms with Gasteiger partial charge in [0.15, 0.2) is 0 Å². The van der Waals surface area contributed by atoms with Gasteiger partial charge in [-0.25, -0.2) is 14.4 Å². The van der Waals surface area contributed by atoms with Gasteiger partial charge in [0.1, 0.15) is 16.1 Å². The Morgan fingerprint density at radius 2 is 0.889 bits per heavy atom. The van der Waals surface area contributed by atoms with E-state index in [-0.39, 0.29) is 44.4 Å². The monoisotopic (exact) mass is 958 g/mol. The summed E-state index contributed by atoms with van der Waals surface area (Å²) >= 11 is 3.55. The summed E-state index contributed by atoms with van der Waals surface area (Å²) in [7, 11) is 0. The number of hydrogen-bond donors (Lipinski definition) is 0. The molecule has 0 aliphatic heterocycles. The second-order valence-corrected chi connectivity index (χ2v) is 9.49. The first kappa shape index (κ1) is 45.5. The van der Waals surface area contributed by atoms with Crippen molar-refractivity contribution in [3.63, 3.8) is 0 Å². The second-order valence-electron chi connectivity index (χ2n) is 8.86. The van der Waals surface area contributed by atoms with Crippen LogP contribution in [0.15, 0.2) is 97.1 Å². The van der Waals surface area contributed by atoms with Crippen molar-refractivity contribution in [2.24, 2.45) is 0 Å². The van der Waals surface area contributed by atoms with E-state index in [2.05, 4.69) is 14.2 Å². The number of esters is 1. The summed E-state index contributed by atoms with van der Waals surface area (Å²) in [6.07, 6.45) is -0.399. The molecular formula is C30H20AgIN4O18-. The summed E-state index contributed by atoms with van der Waals surface area (Å²) in [6.45, 7) is -0.748. The van der Waals surface area contributed by atoms with Crippen LogP contribution in [0, 0.1) is 40.5 Å². The Morgan fingerprint density at radius 1 is 0.556 bits per heavy atom. The molecule has 0 unspecified atom stereocenters. The van der Waals surface area contributed by atoms with Crippen LogP contribution in [-0.2, 0) is 43.3 Å². The number of non-ortho nitro benzene ring substituents is 4. The molecule has 0 spiro atoms. The molecule has 4 aromatic rings. The number of alkyl halides is 1. The predicted octanol–water partition coefficient (Wildman–Crippen LogP) is 6.27. The fourth-order valence-corrected chi connectivity index (χ4v) is 3.41. The summed E-state index contributed by atoms with van der Waals surface area (Å²) in [6, 6.07) is 19.7. The van der Waals surface area contributed by atoms with Gasteiger partial charge < -0.3 is 28.5 Å². The normalized spacial score (nSPS) is 9.31. The van der Waals surface area contributed by atoms with Crippen molar-refractivity contribution in [3.8, 4) is 11.5 Å². The van der Waals surface area contributed by atoms with Gasteiger partial charge in [0.2, 0.25) is 12.5 Å². The van der Waals surface area contributed by atoms with Gasteiger partial charge >= 0.3 is 42.6 Å². The van der Waals surface area contributed by atoms with Gasteiger partial charge in [-0.3, -0.25) is 40.5 Å². The van der Waals surface area contributed by atoms with Gasteiger partial charge in [0.25, 0.3) is 17.1 Å². The van der Waals surface area contributed by atoms with Crippen molar-refractivity contribution in [1.82, 2.24) is 0 Å². The summed E-state index contributed by atoms with van der Waals surface area (Å²) < 4.78 is 31.4. The number of nitro groups is 4. The van der Waals surface area contributed by atoms with Gasteiger partial charge in [0.05, 0.1) is 31.5 Å². The van der Waals surface area contributed by atoms with E-state index in [1.807, 2.05) is 22.6 Å². The van der Waals surface area contributed by atoms with Gasteiger partial charge in [0, 0.05) is 36.4 Å². The molecule has 0 fully saturated rings. The molecule has 0 aliphatic rings. The molecule has 0 radical (unpaired) electrons. The van der Waals surface area contributed by atoms with Crippen molar-refractivity contribution in [3.05, 3.63) is 149 Å². The van der Waals surface area contributed by atoms with Crippen LogP contribution in [0.25, 0.3) is 0 Å². The second kappa shape index (κ2) is 24.6. The Hall–Kier alpha value is -6.57. The molecule has 0 atom stereocenters. The Bertz CT molecular complexity index is 1910. The molecule has 0 aliphatic carbocycles. The van der Waals surface area contributed by atoms with Crippen molar-refractivity contribution in [2.45, 2.75) is 0 Å². The Balaban J connectivity index is 0.000000438. The van der Waals surface area contributed by atoms with E-state index in [9.17, 15) is 59.6 Å². The number of carbonyl (C=O) groups excluding carboxylic acids is 4. The van der Waals surface area contributed by atoms with Crippen molar-refractivity contribution in [2.75, 3.05) is 11.4 Å². The quantitative estimate of drug-likeness (QED) is 0.0184. The van der Waals surface area contributed by atoms with Crippen molar-refractivity contribution in [1.29, 1.82) is 0 Å². The van der Waals surface area contributed by atoms with E-state index in [0.29, 0.717) is 5.56 Å². The molecule has 0 saturated carbocycles. The van der Waals surface area contributed by atoms with Crippen LogP contribution in [0.5, 0.6) is 11.5 Å². The molecule has 4 aromatic carbocycles. The SMILES string of the molecule is O=C(OCI)Oc1ccc([N+](=O)[O-])cc1.O=C(OCOC(=O)c1ccc([N+](=O)[O-])cc1)Oc1ccc([N+](=O)[O-])cc1.O=[C-]c1ccc([N+](=O)[O-])cc1.[O]=[Ag]. The number of halogens is 1. The average Bonchev–Trinajstić information content (AvgIpc) is 3.16. The first-order valence-corrected chi connectivity index (χ1v) is 15.8. The Labute approximate surface area is 326 Å². The standard InChI is InChI=1S/C15H10N2O9.C8H6INO5.C7H4NO3.Ag.O/c18-14(10-1-3-11(4-2-10)16(20)21)24-9-25-15(19)26-13-7-5-12(6-8-13)17(22)23;9-5-14-8(11)15-7-3-1-6(2-4-7)10(12)13;9-5-6-1-3-7(4-2-6)8(10)11;;/h1-8H,9H2;1-4H,5H2;1-4H;;/q;;-1;;. The van der Waals surface area contributed by atoms with Gasteiger partial charge in [-0.15, -0.1) is 0 Å². The van der Waals surface area contributed by atoms with E-state index in [4.69, 9.17) is 12.7 Å². The topological polar surface area (TPSA) is 304 Å². The first-order chi connectivity index (χ1) is 25.7. The minimum atomic E-state index is -1.18. The third-order valence-corrected chi connectivity index (χ3v) is 5.86. The molecule has 24 heteroatoms. The number of rotatable bonds is 11. The number of benzene rings is 4. The molecule has 4 rings (SSSR count). The molecule has 54 heavy (non-hydrogen) atoms. The summed E-state index contributed by atoms with van der Waals surface area (Å²) in [5.41, 5.74) is -0.112. The molecular weight excluding hydrogens is 939 g/mol. The fourth-order valence-electron chi connectivity index (χ4n) is 3.15. The average molecular weight is 959 g/mol. The van der Waals surface area contributed by atoms with E-state index in [1.54, 1.807) is 27.3 Å². The zero-order valence-corrected chi connectivity index (χ0v) is 30.1. The Morgan fingerprint density at radius 3 is 1.22 bits per heavy atom. The van der Waals surface area contributed by atoms with E-state index in [0.717, 1.165) is 24.3 Å². The van der Waals surface area contributed by atoms with E-state index in [1.165, 1.54) is 72.8 Å².